The Hall–Kier alpha value is -1.95. The van der Waals surface area contributed by atoms with E-state index in [1.807, 2.05) is 18.2 Å². The van der Waals surface area contributed by atoms with Crippen molar-refractivity contribution in [2.24, 2.45) is 0 Å². The maximum absolute atomic E-state index is 13.4. The molecule has 0 saturated heterocycles. The van der Waals surface area contributed by atoms with Gasteiger partial charge in [0.2, 0.25) is 0 Å². The fourth-order valence-electron chi connectivity index (χ4n) is 4.36. The summed E-state index contributed by atoms with van der Waals surface area (Å²) in [5.41, 5.74) is 3.19. The van der Waals surface area contributed by atoms with Gasteiger partial charge in [-0.2, -0.15) is 0 Å². The standard InChI is InChI=1S/C24H34FN3O/c1-4-28(18-27(2)3)17-20-15-19(7-12-23(20)29)16-26-24(13-5-6-14-24)21-8-10-22(25)11-9-21/h7-12,15,26,29H,4-6,13-14,16-18H2,1-3H3. The SMILES string of the molecule is CCN(Cc1cc(CNC2(c3ccc(F)cc3)CCCC2)ccc1O)CN(C)C. The van der Waals surface area contributed by atoms with E-state index in [-0.39, 0.29) is 11.4 Å². The van der Waals surface area contributed by atoms with Crippen molar-refractivity contribution in [3.05, 3.63) is 65.0 Å². The van der Waals surface area contributed by atoms with Gasteiger partial charge in [0.05, 0.1) is 6.67 Å². The lowest BCUT2D eigenvalue weighted by molar-refractivity contribution is 0.175. The molecule has 4 nitrogen and oxygen atoms in total. The molecule has 0 aliphatic heterocycles. The highest BCUT2D eigenvalue weighted by Crippen LogP contribution is 2.39. The van der Waals surface area contributed by atoms with Crippen LogP contribution in [-0.4, -0.2) is 42.2 Å². The highest BCUT2D eigenvalue weighted by molar-refractivity contribution is 5.36. The van der Waals surface area contributed by atoms with Crippen LogP contribution in [0.5, 0.6) is 5.75 Å². The summed E-state index contributed by atoms with van der Waals surface area (Å²) in [6.45, 7) is 5.36. The Labute approximate surface area is 174 Å². The minimum absolute atomic E-state index is 0.0911. The first-order valence-corrected chi connectivity index (χ1v) is 10.6. The Morgan fingerprint density at radius 1 is 1.07 bits per heavy atom. The van der Waals surface area contributed by atoms with Gasteiger partial charge in [0.15, 0.2) is 0 Å². The maximum atomic E-state index is 13.4. The van der Waals surface area contributed by atoms with Gasteiger partial charge in [-0.15, -0.1) is 0 Å². The average Bonchev–Trinajstić information content (AvgIpc) is 3.18. The van der Waals surface area contributed by atoms with Crippen LogP contribution in [0.3, 0.4) is 0 Å². The molecule has 3 rings (SSSR count). The van der Waals surface area contributed by atoms with E-state index in [1.54, 1.807) is 18.2 Å². The summed E-state index contributed by atoms with van der Waals surface area (Å²) < 4.78 is 13.4. The summed E-state index contributed by atoms with van der Waals surface area (Å²) in [6, 6.07) is 12.8. The Bertz CT molecular complexity index is 785. The Morgan fingerprint density at radius 3 is 2.38 bits per heavy atom. The van der Waals surface area contributed by atoms with Crippen molar-refractivity contribution in [2.75, 3.05) is 27.3 Å². The number of nitrogens with zero attached hydrogens (tertiary/aromatic N) is 2. The largest absolute Gasteiger partial charge is 0.508 e. The van der Waals surface area contributed by atoms with Crippen LogP contribution < -0.4 is 5.32 Å². The van der Waals surface area contributed by atoms with Crippen LogP contribution in [0.2, 0.25) is 0 Å². The second kappa shape index (κ2) is 9.70. The molecule has 1 aliphatic rings. The minimum Gasteiger partial charge on any atom is -0.508 e. The van der Waals surface area contributed by atoms with Gasteiger partial charge in [-0.05, 0) is 68.9 Å². The van der Waals surface area contributed by atoms with Crippen molar-refractivity contribution in [2.45, 2.75) is 51.2 Å². The predicted molar refractivity (Wildman–Crippen MR) is 116 cm³/mol. The van der Waals surface area contributed by atoms with E-state index in [0.29, 0.717) is 5.75 Å². The lowest BCUT2D eigenvalue weighted by Gasteiger charge is -2.31. The number of benzene rings is 2. The highest BCUT2D eigenvalue weighted by atomic mass is 19.1. The molecule has 0 radical (unpaired) electrons. The number of hydrogen-bond acceptors (Lipinski definition) is 4. The Morgan fingerprint density at radius 2 is 1.76 bits per heavy atom. The number of rotatable bonds is 9. The maximum Gasteiger partial charge on any atom is 0.123 e. The number of phenols is 1. The molecule has 2 aromatic rings. The molecule has 0 bridgehead atoms. The molecule has 2 N–H and O–H groups in total. The summed E-state index contributed by atoms with van der Waals surface area (Å²) in [4.78, 5) is 4.43. The zero-order valence-electron chi connectivity index (χ0n) is 17.9. The minimum atomic E-state index is -0.191. The van der Waals surface area contributed by atoms with E-state index < -0.39 is 0 Å². The Kier molecular flexibility index (Phi) is 7.28. The summed E-state index contributed by atoms with van der Waals surface area (Å²) >= 11 is 0. The van der Waals surface area contributed by atoms with Gasteiger partial charge in [0.25, 0.3) is 0 Å². The van der Waals surface area contributed by atoms with Crippen LogP contribution in [0.25, 0.3) is 0 Å². The molecule has 0 amide bonds. The van der Waals surface area contributed by atoms with Crippen molar-refractivity contribution >= 4 is 0 Å². The summed E-state index contributed by atoms with van der Waals surface area (Å²) in [7, 11) is 4.11. The highest BCUT2D eigenvalue weighted by Gasteiger charge is 2.35. The molecular formula is C24H34FN3O. The van der Waals surface area contributed by atoms with Gasteiger partial charge in [-0.25, -0.2) is 4.39 Å². The molecule has 1 saturated carbocycles. The quantitative estimate of drug-likeness (QED) is 0.612. The second-order valence-corrected chi connectivity index (χ2v) is 8.48. The fourth-order valence-corrected chi connectivity index (χ4v) is 4.36. The van der Waals surface area contributed by atoms with E-state index in [9.17, 15) is 9.50 Å². The molecule has 158 valence electrons. The van der Waals surface area contributed by atoms with Crippen LogP contribution in [0, 0.1) is 5.82 Å². The van der Waals surface area contributed by atoms with E-state index in [2.05, 4.69) is 42.2 Å². The van der Waals surface area contributed by atoms with Gasteiger partial charge in [0, 0.05) is 24.2 Å². The molecule has 0 spiro atoms. The lowest BCUT2D eigenvalue weighted by atomic mass is 9.88. The smallest absolute Gasteiger partial charge is 0.123 e. The summed E-state index contributed by atoms with van der Waals surface area (Å²) in [5, 5.41) is 14.1. The zero-order chi connectivity index (χ0) is 20.9. The van der Waals surface area contributed by atoms with E-state index in [4.69, 9.17) is 0 Å². The third kappa shape index (κ3) is 5.56. The second-order valence-electron chi connectivity index (χ2n) is 8.48. The summed E-state index contributed by atoms with van der Waals surface area (Å²) in [6.07, 6.45) is 4.49. The number of phenolic OH excluding ortho intramolecular Hbond substituents is 1. The zero-order valence-corrected chi connectivity index (χ0v) is 17.9. The van der Waals surface area contributed by atoms with Crippen LogP contribution in [-0.2, 0) is 18.6 Å². The fraction of sp³-hybridized carbons (Fsp3) is 0.500. The topological polar surface area (TPSA) is 38.7 Å². The molecule has 0 heterocycles. The molecule has 5 heteroatoms. The molecule has 0 unspecified atom stereocenters. The monoisotopic (exact) mass is 399 g/mol. The molecular weight excluding hydrogens is 365 g/mol. The van der Waals surface area contributed by atoms with Crippen molar-refractivity contribution in [1.29, 1.82) is 0 Å². The van der Waals surface area contributed by atoms with Crippen LogP contribution in [0.15, 0.2) is 42.5 Å². The third-order valence-electron chi connectivity index (χ3n) is 5.95. The van der Waals surface area contributed by atoms with E-state index >= 15 is 0 Å². The van der Waals surface area contributed by atoms with Crippen molar-refractivity contribution in [3.63, 3.8) is 0 Å². The van der Waals surface area contributed by atoms with Crippen molar-refractivity contribution in [1.82, 2.24) is 15.1 Å². The van der Waals surface area contributed by atoms with Gasteiger partial charge in [-0.1, -0.05) is 38.0 Å². The van der Waals surface area contributed by atoms with Gasteiger partial charge in [-0.3, -0.25) is 9.80 Å². The number of hydrogen-bond donors (Lipinski definition) is 2. The molecule has 0 aromatic heterocycles. The molecule has 1 aliphatic carbocycles. The van der Waals surface area contributed by atoms with E-state index in [0.717, 1.165) is 50.3 Å². The van der Waals surface area contributed by atoms with Crippen LogP contribution in [0.4, 0.5) is 4.39 Å². The predicted octanol–water partition coefficient (Wildman–Crippen LogP) is 4.43. The first kappa shape index (κ1) is 21.8. The number of nitrogens with one attached hydrogen (secondary N) is 1. The molecule has 0 atom stereocenters. The number of halogens is 1. The Balaban J connectivity index is 1.73. The van der Waals surface area contributed by atoms with Gasteiger partial charge < -0.3 is 10.4 Å². The van der Waals surface area contributed by atoms with E-state index in [1.165, 1.54) is 18.4 Å². The third-order valence-corrected chi connectivity index (χ3v) is 5.95. The molecule has 29 heavy (non-hydrogen) atoms. The lowest BCUT2D eigenvalue weighted by Crippen LogP contribution is -2.39. The van der Waals surface area contributed by atoms with Gasteiger partial charge in [0.1, 0.15) is 11.6 Å². The van der Waals surface area contributed by atoms with Crippen LogP contribution in [0.1, 0.15) is 49.3 Å². The average molecular weight is 400 g/mol. The van der Waals surface area contributed by atoms with Gasteiger partial charge >= 0.3 is 0 Å². The first-order valence-electron chi connectivity index (χ1n) is 10.6. The number of aromatic hydroxyl groups is 1. The van der Waals surface area contributed by atoms with Crippen LogP contribution >= 0.6 is 0 Å². The normalized spacial score (nSPS) is 16.1. The first-order chi connectivity index (χ1) is 13.9. The summed E-state index contributed by atoms with van der Waals surface area (Å²) in [5.74, 6) is 0.156. The van der Waals surface area contributed by atoms with Crippen molar-refractivity contribution < 1.29 is 9.50 Å². The molecule has 2 aromatic carbocycles. The van der Waals surface area contributed by atoms with Crippen molar-refractivity contribution in [3.8, 4) is 5.75 Å². The molecule has 1 fully saturated rings.